The number of carbonyl (C=O) groups excluding carboxylic acids is 1. The number of benzene rings is 2. The Morgan fingerprint density at radius 1 is 1.03 bits per heavy atom. The van der Waals surface area contributed by atoms with E-state index in [1.165, 1.54) is 14.2 Å². The second-order valence-electron chi connectivity index (χ2n) is 9.38. The molecular formula is C28H34O9. The van der Waals surface area contributed by atoms with E-state index in [1.54, 1.807) is 47.1 Å². The van der Waals surface area contributed by atoms with Crippen LogP contribution in [0.3, 0.4) is 0 Å². The van der Waals surface area contributed by atoms with Crippen molar-refractivity contribution in [2.45, 2.75) is 45.8 Å². The normalized spacial score (nSPS) is 22.2. The maximum absolute atomic E-state index is 13.0. The molecule has 1 aliphatic heterocycles. The van der Waals surface area contributed by atoms with E-state index < -0.39 is 17.7 Å². The van der Waals surface area contributed by atoms with Crippen LogP contribution in [0.1, 0.15) is 44.9 Å². The largest absolute Gasteiger partial charge is 0.493 e. The molecule has 0 spiro atoms. The molecule has 200 valence electrons. The van der Waals surface area contributed by atoms with Crippen molar-refractivity contribution in [3.8, 4) is 45.6 Å². The van der Waals surface area contributed by atoms with Gasteiger partial charge in [0.2, 0.25) is 18.3 Å². The fraction of sp³-hybridized carbons (Fsp3) is 0.464. The van der Waals surface area contributed by atoms with Gasteiger partial charge in [-0.05, 0) is 50.8 Å². The molecule has 0 aromatic heterocycles. The second kappa shape index (κ2) is 10.0. The third kappa shape index (κ3) is 4.21. The first-order valence-electron chi connectivity index (χ1n) is 12.0. The molecule has 0 bridgehead atoms. The zero-order valence-electron chi connectivity index (χ0n) is 22.5. The van der Waals surface area contributed by atoms with Crippen LogP contribution < -0.4 is 28.4 Å². The van der Waals surface area contributed by atoms with Crippen LogP contribution in [0.5, 0.6) is 34.5 Å². The summed E-state index contributed by atoms with van der Waals surface area (Å²) in [5.41, 5.74) is 1.47. The number of hydrogen-bond donors (Lipinski definition) is 1. The molecule has 0 unspecified atom stereocenters. The van der Waals surface area contributed by atoms with Crippen molar-refractivity contribution in [1.29, 1.82) is 0 Å². The van der Waals surface area contributed by atoms with Gasteiger partial charge in [-0.2, -0.15) is 0 Å². The SMILES string of the molecule is CC=C(C)C(=O)O[C@@H]1c2cc3c(c(OC)c2-c2c(cc(OC)c(OC)c2OC)C[C@H](C)[C@]1(C)O)OCO3. The standard InChI is InChI=1S/C28H34O9/c1-9-14(2)27(29)37-26-17-12-19-23(36-13-35-19)25(34-8)21(17)20-16(10-15(3)28(26,4)30)11-18(31-5)22(32-6)24(20)33-7/h9,11-12,15,26,30H,10,13H2,1-8H3/t15-,26+,28-/m0/s1. The zero-order chi connectivity index (χ0) is 27.1. The Labute approximate surface area is 216 Å². The molecule has 2 aliphatic rings. The molecule has 3 atom stereocenters. The molecule has 37 heavy (non-hydrogen) atoms. The van der Waals surface area contributed by atoms with Gasteiger partial charge in [0.15, 0.2) is 29.1 Å². The minimum Gasteiger partial charge on any atom is -0.493 e. The highest BCUT2D eigenvalue weighted by Crippen LogP contribution is 2.59. The van der Waals surface area contributed by atoms with Crippen molar-refractivity contribution in [2.75, 3.05) is 35.2 Å². The molecule has 2 aromatic carbocycles. The number of ether oxygens (including phenoxy) is 7. The van der Waals surface area contributed by atoms with Crippen LogP contribution in [0, 0.1) is 5.92 Å². The Kier molecular flexibility index (Phi) is 7.19. The lowest BCUT2D eigenvalue weighted by atomic mass is 9.73. The smallest absolute Gasteiger partial charge is 0.334 e. The Hall–Kier alpha value is -3.59. The average molecular weight is 515 g/mol. The molecule has 0 radical (unpaired) electrons. The molecule has 2 aromatic rings. The quantitative estimate of drug-likeness (QED) is 0.437. The number of allylic oxidation sites excluding steroid dienone is 1. The van der Waals surface area contributed by atoms with Gasteiger partial charge in [0.1, 0.15) is 5.60 Å². The summed E-state index contributed by atoms with van der Waals surface area (Å²) >= 11 is 0. The topological polar surface area (TPSA) is 102 Å². The van der Waals surface area contributed by atoms with E-state index in [-0.39, 0.29) is 12.7 Å². The van der Waals surface area contributed by atoms with E-state index in [1.807, 2.05) is 13.0 Å². The van der Waals surface area contributed by atoms with Crippen molar-refractivity contribution in [2.24, 2.45) is 5.92 Å². The summed E-state index contributed by atoms with van der Waals surface area (Å²) in [6.07, 6.45) is 1.00. The van der Waals surface area contributed by atoms with Gasteiger partial charge in [-0.15, -0.1) is 0 Å². The van der Waals surface area contributed by atoms with Crippen molar-refractivity contribution < 1.29 is 43.1 Å². The zero-order valence-corrected chi connectivity index (χ0v) is 22.5. The van der Waals surface area contributed by atoms with Crippen LogP contribution in [-0.2, 0) is 16.0 Å². The van der Waals surface area contributed by atoms with Gasteiger partial charge < -0.3 is 38.3 Å². The van der Waals surface area contributed by atoms with Crippen LogP contribution in [0.25, 0.3) is 11.1 Å². The lowest BCUT2D eigenvalue weighted by molar-refractivity contribution is -0.166. The molecule has 1 N–H and O–H groups in total. The van der Waals surface area contributed by atoms with Crippen molar-refractivity contribution >= 4 is 5.97 Å². The van der Waals surface area contributed by atoms with E-state index in [0.717, 1.165) is 5.56 Å². The number of fused-ring (bicyclic) bond motifs is 4. The summed E-state index contributed by atoms with van der Waals surface area (Å²) < 4.78 is 40.6. The minimum atomic E-state index is -1.48. The van der Waals surface area contributed by atoms with Crippen LogP contribution in [0.2, 0.25) is 0 Å². The molecule has 1 heterocycles. The van der Waals surface area contributed by atoms with Gasteiger partial charge in [0.05, 0.1) is 28.4 Å². The van der Waals surface area contributed by atoms with E-state index in [4.69, 9.17) is 33.2 Å². The summed E-state index contributed by atoms with van der Waals surface area (Å²) in [7, 11) is 6.15. The molecule has 1 aliphatic carbocycles. The van der Waals surface area contributed by atoms with Gasteiger partial charge in [-0.3, -0.25) is 0 Å². The van der Waals surface area contributed by atoms with Crippen molar-refractivity contribution in [3.05, 3.63) is 34.9 Å². The van der Waals surface area contributed by atoms with E-state index >= 15 is 0 Å². The number of carbonyl (C=O) groups is 1. The summed E-state index contributed by atoms with van der Waals surface area (Å²) in [4.78, 5) is 13.0. The number of aliphatic hydroxyl groups is 1. The number of hydrogen-bond acceptors (Lipinski definition) is 9. The predicted molar refractivity (Wildman–Crippen MR) is 136 cm³/mol. The second-order valence-corrected chi connectivity index (χ2v) is 9.38. The van der Waals surface area contributed by atoms with Crippen molar-refractivity contribution in [1.82, 2.24) is 0 Å². The van der Waals surface area contributed by atoms with Crippen LogP contribution >= 0.6 is 0 Å². The Morgan fingerprint density at radius 3 is 2.30 bits per heavy atom. The minimum absolute atomic E-state index is 0.000553. The molecule has 0 amide bonds. The molecular weight excluding hydrogens is 480 g/mol. The molecule has 4 rings (SSSR count). The summed E-state index contributed by atoms with van der Waals surface area (Å²) in [5.74, 6) is 1.59. The van der Waals surface area contributed by atoms with Crippen LogP contribution in [0.15, 0.2) is 23.8 Å². The Balaban J connectivity index is 2.16. The number of rotatable bonds is 6. The average Bonchev–Trinajstić information content (AvgIpc) is 3.36. The predicted octanol–water partition coefficient (Wildman–Crippen LogP) is 4.61. The third-order valence-electron chi connectivity index (χ3n) is 7.33. The third-order valence-corrected chi connectivity index (χ3v) is 7.33. The van der Waals surface area contributed by atoms with E-state index in [9.17, 15) is 9.90 Å². The molecule has 9 nitrogen and oxygen atoms in total. The highest BCUT2D eigenvalue weighted by Gasteiger charge is 2.47. The van der Waals surface area contributed by atoms with E-state index in [2.05, 4.69) is 0 Å². The van der Waals surface area contributed by atoms with Gasteiger partial charge in [-0.1, -0.05) is 13.0 Å². The van der Waals surface area contributed by atoms with Gasteiger partial charge in [0.25, 0.3) is 0 Å². The summed E-state index contributed by atoms with van der Waals surface area (Å²) in [6.45, 7) is 7.00. The fourth-order valence-electron chi connectivity index (χ4n) is 4.94. The van der Waals surface area contributed by atoms with Gasteiger partial charge in [0, 0.05) is 22.3 Å². The Morgan fingerprint density at radius 2 is 1.70 bits per heavy atom. The molecule has 0 saturated carbocycles. The number of methoxy groups -OCH3 is 4. The first kappa shape index (κ1) is 26.5. The first-order valence-corrected chi connectivity index (χ1v) is 12.0. The number of esters is 1. The Bertz CT molecular complexity index is 1250. The highest BCUT2D eigenvalue weighted by atomic mass is 16.7. The molecule has 0 fully saturated rings. The van der Waals surface area contributed by atoms with Gasteiger partial charge >= 0.3 is 5.97 Å². The summed E-state index contributed by atoms with van der Waals surface area (Å²) in [6, 6.07) is 3.60. The van der Waals surface area contributed by atoms with Crippen LogP contribution in [-0.4, -0.2) is 51.9 Å². The maximum Gasteiger partial charge on any atom is 0.334 e. The lowest BCUT2D eigenvalue weighted by Crippen LogP contribution is -2.44. The van der Waals surface area contributed by atoms with Crippen molar-refractivity contribution in [3.63, 3.8) is 0 Å². The first-order chi connectivity index (χ1) is 17.6. The summed E-state index contributed by atoms with van der Waals surface area (Å²) in [5, 5.41) is 12.0. The maximum atomic E-state index is 13.0. The molecule has 0 saturated heterocycles. The van der Waals surface area contributed by atoms with Crippen LogP contribution in [0.4, 0.5) is 0 Å². The monoisotopic (exact) mass is 514 g/mol. The highest BCUT2D eigenvalue weighted by molar-refractivity contribution is 5.91. The lowest BCUT2D eigenvalue weighted by Gasteiger charge is -2.41. The fourth-order valence-corrected chi connectivity index (χ4v) is 4.94. The van der Waals surface area contributed by atoms with E-state index in [0.29, 0.717) is 63.2 Å². The van der Waals surface area contributed by atoms with Gasteiger partial charge in [-0.25, -0.2) is 4.79 Å². The molecule has 9 heteroatoms.